The molecule has 0 aliphatic carbocycles. The van der Waals surface area contributed by atoms with Crippen LogP contribution < -0.4 is 0 Å². The predicted octanol–water partition coefficient (Wildman–Crippen LogP) is 1.21. The van der Waals surface area contributed by atoms with Crippen LogP contribution in [0, 0.1) is 0 Å². The minimum Gasteiger partial charge on any atom is -0.478 e. The van der Waals surface area contributed by atoms with E-state index >= 15 is 0 Å². The van der Waals surface area contributed by atoms with Crippen LogP contribution in [0.4, 0.5) is 0 Å². The highest BCUT2D eigenvalue weighted by Crippen LogP contribution is 2.18. The van der Waals surface area contributed by atoms with Crippen molar-refractivity contribution in [2.45, 2.75) is 13.5 Å². The van der Waals surface area contributed by atoms with E-state index in [1.165, 1.54) is 12.4 Å². The van der Waals surface area contributed by atoms with Gasteiger partial charge in [-0.1, -0.05) is 6.07 Å². The van der Waals surface area contributed by atoms with Crippen molar-refractivity contribution >= 4 is 22.9 Å². The summed E-state index contributed by atoms with van der Waals surface area (Å²) in [6.07, 6.45) is 1.50. The van der Waals surface area contributed by atoms with Crippen molar-refractivity contribution in [3.63, 3.8) is 0 Å². The molecule has 0 aliphatic heterocycles. The first-order valence-corrected chi connectivity index (χ1v) is 5.95. The molecule has 0 saturated heterocycles. The van der Waals surface area contributed by atoms with Crippen LogP contribution in [0.5, 0.6) is 0 Å². The van der Waals surface area contributed by atoms with Crippen LogP contribution in [0.25, 0.3) is 11.0 Å². The number of carbonyl (C=O) groups excluding carboxylic acids is 1. The molecule has 19 heavy (non-hydrogen) atoms. The molecule has 0 radical (unpaired) electrons. The maximum absolute atomic E-state index is 11.9. The molecular formula is C13H15N3O3. The maximum atomic E-state index is 11.9. The smallest absolute Gasteiger partial charge is 0.337 e. The van der Waals surface area contributed by atoms with Crippen LogP contribution in [0.3, 0.4) is 0 Å². The van der Waals surface area contributed by atoms with E-state index in [0.717, 1.165) is 0 Å². The lowest BCUT2D eigenvalue weighted by atomic mass is 10.2. The number of carboxylic acid groups (broad SMARTS) is 1. The minimum absolute atomic E-state index is 0.0815. The van der Waals surface area contributed by atoms with Gasteiger partial charge in [0.05, 0.1) is 22.9 Å². The van der Waals surface area contributed by atoms with Crippen LogP contribution in [-0.4, -0.2) is 45.0 Å². The van der Waals surface area contributed by atoms with Crippen molar-refractivity contribution < 1.29 is 14.7 Å². The number of aromatic carboxylic acids is 1. The van der Waals surface area contributed by atoms with E-state index in [9.17, 15) is 14.7 Å². The van der Waals surface area contributed by atoms with E-state index in [2.05, 4.69) is 4.98 Å². The number of nitrogens with zero attached hydrogens (tertiary/aromatic N) is 3. The lowest BCUT2D eigenvalue weighted by Crippen LogP contribution is -2.29. The van der Waals surface area contributed by atoms with Gasteiger partial charge >= 0.3 is 5.97 Å². The third-order valence-electron chi connectivity index (χ3n) is 3.07. The second kappa shape index (κ2) is 5.09. The molecule has 0 aliphatic rings. The van der Waals surface area contributed by atoms with E-state index in [1.54, 1.807) is 28.6 Å². The summed E-state index contributed by atoms with van der Waals surface area (Å²) in [5, 5.41) is 9.18. The average Bonchev–Trinajstić information content (AvgIpc) is 2.80. The Morgan fingerprint density at radius 3 is 2.79 bits per heavy atom. The molecular weight excluding hydrogens is 246 g/mol. The normalized spacial score (nSPS) is 10.6. The number of para-hydroxylation sites is 1. The predicted molar refractivity (Wildman–Crippen MR) is 70.0 cm³/mol. The fourth-order valence-electron chi connectivity index (χ4n) is 1.86. The molecule has 1 aromatic carbocycles. The first kappa shape index (κ1) is 13.1. The molecule has 1 aromatic heterocycles. The van der Waals surface area contributed by atoms with Crippen molar-refractivity contribution in [3.8, 4) is 0 Å². The van der Waals surface area contributed by atoms with E-state index in [-0.39, 0.29) is 18.0 Å². The Hall–Kier alpha value is -2.37. The molecule has 0 saturated carbocycles. The number of amides is 1. The van der Waals surface area contributed by atoms with Gasteiger partial charge in [0.25, 0.3) is 0 Å². The van der Waals surface area contributed by atoms with Crippen LogP contribution >= 0.6 is 0 Å². The number of fused-ring (bicyclic) bond motifs is 1. The van der Waals surface area contributed by atoms with Crippen LogP contribution in [0.1, 0.15) is 17.3 Å². The van der Waals surface area contributed by atoms with Crippen LogP contribution in [-0.2, 0) is 11.3 Å². The Bertz CT molecular complexity index is 633. The summed E-state index contributed by atoms with van der Waals surface area (Å²) in [5.74, 6) is -1.11. The second-order valence-electron chi connectivity index (χ2n) is 4.26. The summed E-state index contributed by atoms with van der Waals surface area (Å²) < 4.78 is 1.58. The van der Waals surface area contributed by atoms with E-state index in [1.807, 2.05) is 6.92 Å². The molecule has 1 amide bonds. The van der Waals surface area contributed by atoms with E-state index < -0.39 is 5.97 Å². The van der Waals surface area contributed by atoms with Gasteiger partial charge in [-0.2, -0.15) is 0 Å². The van der Waals surface area contributed by atoms with Gasteiger partial charge in [-0.05, 0) is 19.1 Å². The topological polar surface area (TPSA) is 75.4 Å². The van der Waals surface area contributed by atoms with Crippen LogP contribution in [0.2, 0.25) is 0 Å². The highest BCUT2D eigenvalue weighted by atomic mass is 16.4. The number of carboxylic acids is 1. The van der Waals surface area contributed by atoms with Crippen molar-refractivity contribution in [2.75, 3.05) is 13.6 Å². The van der Waals surface area contributed by atoms with Gasteiger partial charge in [-0.25, -0.2) is 9.78 Å². The van der Waals surface area contributed by atoms with Crippen LogP contribution in [0.15, 0.2) is 24.5 Å². The standard InChI is InChI=1S/C13H15N3O3/c1-3-15(2)11(17)7-16-8-14-10-6-4-5-9(12(10)16)13(18)19/h4-6,8H,3,7H2,1-2H3,(H,18,19). The van der Waals surface area contributed by atoms with Gasteiger partial charge in [-0.15, -0.1) is 0 Å². The Balaban J connectivity index is 2.44. The number of aromatic nitrogens is 2. The van der Waals surface area contributed by atoms with Gasteiger partial charge in [0.2, 0.25) is 5.91 Å². The number of benzene rings is 1. The highest BCUT2D eigenvalue weighted by Gasteiger charge is 2.15. The first-order valence-electron chi connectivity index (χ1n) is 5.95. The molecule has 2 rings (SSSR count). The summed E-state index contributed by atoms with van der Waals surface area (Å²) in [7, 11) is 1.71. The van der Waals surface area contributed by atoms with Gasteiger partial charge in [0.1, 0.15) is 6.54 Å². The number of rotatable bonds is 4. The summed E-state index contributed by atoms with van der Waals surface area (Å²) in [4.78, 5) is 28.8. The molecule has 6 nitrogen and oxygen atoms in total. The second-order valence-corrected chi connectivity index (χ2v) is 4.26. The van der Waals surface area contributed by atoms with Crippen molar-refractivity contribution in [1.29, 1.82) is 0 Å². The lowest BCUT2D eigenvalue weighted by Gasteiger charge is -2.15. The number of likely N-dealkylation sites (N-methyl/N-ethyl adjacent to an activating group) is 1. The third-order valence-corrected chi connectivity index (χ3v) is 3.07. The molecule has 2 aromatic rings. The Labute approximate surface area is 110 Å². The van der Waals surface area contributed by atoms with E-state index in [4.69, 9.17) is 0 Å². The monoisotopic (exact) mass is 261 g/mol. The van der Waals surface area contributed by atoms with E-state index in [0.29, 0.717) is 17.6 Å². The number of imidazole rings is 1. The molecule has 1 N–H and O–H groups in total. The zero-order valence-corrected chi connectivity index (χ0v) is 10.8. The van der Waals surface area contributed by atoms with Gasteiger partial charge in [0, 0.05) is 13.6 Å². The Morgan fingerprint density at radius 1 is 1.42 bits per heavy atom. The summed E-state index contributed by atoms with van der Waals surface area (Å²) in [6.45, 7) is 2.58. The average molecular weight is 261 g/mol. The summed E-state index contributed by atoms with van der Waals surface area (Å²) in [6, 6.07) is 4.88. The molecule has 0 unspecified atom stereocenters. The lowest BCUT2D eigenvalue weighted by molar-refractivity contribution is -0.130. The minimum atomic E-state index is -1.02. The number of hydrogen-bond donors (Lipinski definition) is 1. The zero-order valence-electron chi connectivity index (χ0n) is 10.8. The fraction of sp³-hybridized carbons (Fsp3) is 0.308. The molecule has 0 spiro atoms. The summed E-state index contributed by atoms with van der Waals surface area (Å²) in [5.41, 5.74) is 1.21. The molecule has 0 atom stereocenters. The number of hydrogen-bond acceptors (Lipinski definition) is 3. The fourth-order valence-corrected chi connectivity index (χ4v) is 1.86. The Kier molecular flexibility index (Phi) is 3.50. The van der Waals surface area contributed by atoms with Gasteiger partial charge < -0.3 is 14.6 Å². The van der Waals surface area contributed by atoms with Gasteiger partial charge in [-0.3, -0.25) is 4.79 Å². The van der Waals surface area contributed by atoms with Gasteiger partial charge in [0.15, 0.2) is 0 Å². The molecule has 0 fully saturated rings. The van der Waals surface area contributed by atoms with Crippen molar-refractivity contribution in [1.82, 2.24) is 14.5 Å². The van der Waals surface area contributed by atoms with Crippen molar-refractivity contribution in [3.05, 3.63) is 30.1 Å². The third kappa shape index (κ3) is 2.42. The zero-order chi connectivity index (χ0) is 14.0. The quantitative estimate of drug-likeness (QED) is 0.897. The van der Waals surface area contributed by atoms with Crippen molar-refractivity contribution in [2.24, 2.45) is 0 Å². The first-order chi connectivity index (χ1) is 9.04. The molecule has 0 bridgehead atoms. The largest absolute Gasteiger partial charge is 0.478 e. The highest BCUT2D eigenvalue weighted by molar-refractivity contribution is 6.01. The maximum Gasteiger partial charge on any atom is 0.337 e. The molecule has 100 valence electrons. The number of carbonyl (C=O) groups is 2. The Morgan fingerprint density at radius 2 is 2.16 bits per heavy atom. The summed E-state index contributed by atoms with van der Waals surface area (Å²) >= 11 is 0. The molecule has 6 heteroatoms. The SMILES string of the molecule is CCN(C)C(=O)Cn1cnc2cccc(C(=O)O)c21. The molecule has 1 heterocycles.